The molecule has 0 saturated heterocycles. The lowest BCUT2D eigenvalue weighted by atomic mass is 10.1. The van der Waals surface area contributed by atoms with Crippen LogP contribution >= 0.6 is 0 Å². The third-order valence-electron chi connectivity index (χ3n) is 5.36. The van der Waals surface area contributed by atoms with Crippen LogP contribution in [0.5, 0.6) is 0 Å². The van der Waals surface area contributed by atoms with Gasteiger partial charge in [0, 0.05) is 53.8 Å². The Labute approximate surface area is 172 Å². The molecule has 4 heterocycles. The van der Waals surface area contributed by atoms with E-state index in [2.05, 4.69) is 30.2 Å². The fourth-order valence-corrected chi connectivity index (χ4v) is 3.60. The third-order valence-corrected chi connectivity index (χ3v) is 5.36. The number of aryl methyl sites for hydroxylation is 1. The van der Waals surface area contributed by atoms with Crippen LogP contribution in [-0.4, -0.2) is 30.8 Å². The van der Waals surface area contributed by atoms with Crippen molar-refractivity contribution in [3.05, 3.63) is 66.6 Å². The summed E-state index contributed by atoms with van der Waals surface area (Å²) in [6, 6.07) is 7.45. The molecule has 1 amide bonds. The summed E-state index contributed by atoms with van der Waals surface area (Å²) in [5.74, 6) is 1.42. The molecule has 3 N–H and O–H groups in total. The first-order valence-electron chi connectivity index (χ1n) is 9.65. The van der Waals surface area contributed by atoms with Crippen molar-refractivity contribution >= 4 is 28.3 Å². The first kappa shape index (κ1) is 18.1. The highest BCUT2D eigenvalue weighted by Gasteiger charge is 2.46. The lowest BCUT2D eigenvalue weighted by Gasteiger charge is -2.10. The van der Waals surface area contributed by atoms with Crippen molar-refractivity contribution in [2.75, 3.05) is 11.1 Å². The average molecular weight is 397 g/mol. The van der Waals surface area contributed by atoms with Crippen LogP contribution in [-0.2, 0) is 4.79 Å². The molecule has 1 unspecified atom stereocenters. The van der Waals surface area contributed by atoms with Gasteiger partial charge in [0.2, 0.25) is 5.91 Å². The van der Waals surface area contributed by atoms with Crippen LogP contribution in [0, 0.1) is 12.8 Å². The van der Waals surface area contributed by atoms with Crippen molar-refractivity contribution in [1.29, 1.82) is 0 Å². The van der Waals surface area contributed by atoms with Crippen molar-refractivity contribution in [3.8, 4) is 11.3 Å². The molecular formula is C22H19N7O. The van der Waals surface area contributed by atoms with Gasteiger partial charge >= 0.3 is 0 Å². The highest BCUT2D eigenvalue weighted by atomic mass is 16.2. The van der Waals surface area contributed by atoms with Gasteiger partial charge in [0.1, 0.15) is 17.5 Å². The number of anilines is 2. The number of carbonyl (C=O) groups is 1. The minimum atomic E-state index is -0.138. The van der Waals surface area contributed by atoms with Gasteiger partial charge < -0.3 is 11.1 Å². The quantitative estimate of drug-likeness (QED) is 0.543. The smallest absolute Gasteiger partial charge is 0.229 e. The Kier molecular flexibility index (Phi) is 4.31. The van der Waals surface area contributed by atoms with Gasteiger partial charge in [-0.15, -0.1) is 0 Å². The molecule has 1 fully saturated rings. The molecule has 8 heteroatoms. The molecule has 1 aliphatic rings. The van der Waals surface area contributed by atoms with E-state index in [1.807, 2.05) is 25.1 Å². The van der Waals surface area contributed by atoms with Crippen molar-refractivity contribution < 1.29 is 4.79 Å². The number of pyridine rings is 3. The van der Waals surface area contributed by atoms with E-state index in [1.54, 1.807) is 37.1 Å². The van der Waals surface area contributed by atoms with E-state index < -0.39 is 0 Å². The van der Waals surface area contributed by atoms with E-state index in [-0.39, 0.29) is 17.7 Å². The summed E-state index contributed by atoms with van der Waals surface area (Å²) in [5.41, 5.74) is 8.87. The van der Waals surface area contributed by atoms with Gasteiger partial charge in [-0.2, -0.15) is 0 Å². The zero-order valence-corrected chi connectivity index (χ0v) is 16.3. The highest BCUT2D eigenvalue weighted by molar-refractivity contribution is 5.98. The first-order chi connectivity index (χ1) is 14.6. The second-order valence-electron chi connectivity index (χ2n) is 7.42. The molecule has 0 aromatic carbocycles. The number of carbonyl (C=O) groups excluding carboxylic acids is 1. The molecule has 8 nitrogen and oxygen atoms in total. The summed E-state index contributed by atoms with van der Waals surface area (Å²) in [6.45, 7) is 2.00. The Bertz CT molecular complexity index is 1260. The summed E-state index contributed by atoms with van der Waals surface area (Å²) in [5, 5.41) is 4.49. The van der Waals surface area contributed by atoms with Crippen LogP contribution in [0.15, 0.2) is 55.2 Å². The molecule has 0 bridgehead atoms. The maximum atomic E-state index is 12.6. The molecule has 148 valence electrons. The molecule has 0 spiro atoms. The predicted octanol–water partition coefficient (Wildman–Crippen LogP) is 3.11. The van der Waals surface area contributed by atoms with Gasteiger partial charge in [-0.3, -0.25) is 9.78 Å². The fraction of sp³-hybridized carbons (Fsp3) is 0.182. The number of aromatic nitrogens is 5. The molecule has 0 aliphatic heterocycles. The first-order valence-corrected chi connectivity index (χ1v) is 9.65. The highest BCUT2D eigenvalue weighted by Crippen LogP contribution is 2.46. The topological polar surface area (TPSA) is 120 Å². The Morgan fingerprint density at radius 2 is 1.97 bits per heavy atom. The molecule has 2 atom stereocenters. The van der Waals surface area contributed by atoms with E-state index in [9.17, 15) is 4.79 Å². The van der Waals surface area contributed by atoms with Gasteiger partial charge in [0.25, 0.3) is 0 Å². The third kappa shape index (κ3) is 3.32. The average Bonchev–Trinajstić information content (AvgIpc) is 3.56. The SMILES string of the molecule is Cc1ccncc1-c1cc2cc(NC(=O)C3C[C@H]3c3ncccn3)ncc2c(N)n1. The molecule has 4 aromatic rings. The number of amides is 1. The summed E-state index contributed by atoms with van der Waals surface area (Å²) < 4.78 is 0. The van der Waals surface area contributed by atoms with E-state index in [1.165, 1.54) is 0 Å². The van der Waals surface area contributed by atoms with E-state index in [4.69, 9.17) is 5.73 Å². The number of nitrogen functional groups attached to an aromatic ring is 1. The van der Waals surface area contributed by atoms with E-state index in [0.717, 1.165) is 34.0 Å². The Morgan fingerprint density at radius 1 is 1.13 bits per heavy atom. The summed E-state index contributed by atoms with van der Waals surface area (Å²) in [7, 11) is 0. The summed E-state index contributed by atoms with van der Waals surface area (Å²) in [4.78, 5) is 34.2. The van der Waals surface area contributed by atoms with E-state index in [0.29, 0.717) is 17.5 Å². The minimum absolute atomic E-state index is 0.0617. The van der Waals surface area contributed by atoms with Gasteiger partial charge in [0.05, 0.1) is 5.69 Å². The second kappa shape index (κ2) is 7.14. The van der Waals surface area contributed by atoms with Crippen LogP contribution in [0.4, 0.5) is 11.6 Å². The van der Waals surface area contributed by atoms with E-state index >= 15 is 0 Å². The number of nitrogens with one attached hydrogen (secondary N) is 1. The number of nitrogens with zero attached hydrogens (tertiary/aromatic N) is 5. The zero-order valence-electron chi connectivity index (χ0n) is 16.3. The Balaban J connectivity index is 1.41. The Hall–Kier alpha value is -3.94. The van der Waals surface area contributed by atoms with Crippen LogP contribution in [0.1, 0.15) is 23.7 Å². The summed E-state index contributed by atoms with van der Waals surface area (Å²) >= 11 is 0. The van der Waals surface area contributed by atoms with Crippen LogP contribution < -0.4 is 11.1 Å². The molecular weight excluding hydrogens is 378 g/mol. The van der Waals surface area contributed by atoms with Gasteiger partial charge in [0.15, 0.2) is 0 Å². The number of rotatable bonds is 4. The van der Waals surface area contributed by atoms with Gasteiger partial charge in [-0.25, -0.2) is 19.9 Å². The van der Waals surface area contributed by atoms with Crippen molar-refractivity contribution in [2.24, 2.45) is 5.92 Å². The maximum absolute atomic E-state index is 12.6. The standard InChI is InChI=1S/C22H19N7O/c1-12-3-6-24-10-16(12)18-7-13-8-19(27-11-17(13)20(23)28-18)29-22(30)15-9-14(15)21-25-4-2-5-26-21/h2-8,10-11,14-15H,9H2,1H3,(H2,23,28)(H,27,29,30)/t14-,15?/m1/s1. The van der Waals surface area contributed by atoms with Crippen LogP contribution in [0.25, 0.3) is 22.0 Å². The largest absolute Gasteiger partial charge is 0.383 e. The zero-order chi connectivity index (χ0) is 20.7. The maximum Gasteiger partial charge on any atom is 0.229 e. The van der Waals surface area contributed by atoms with Gasteiger partial charge in [-0.1, -0.05) is 0 Å². The molecule has 1 aliphatic carbocycles. The predicted molar refractivity (Wildman–Crippen MR) is 113 cm³/mol. The van der Waals surface area contributed by atoms with Crippen molar-refractivity contribution in [3.63, 3.8) is 0 Å². The second-order valence-corrected chi connectivity index (χ2v) is 7.42. The van der Waals surface area contributed by atoms with Crippen molar-refractivity contribution in [1.82, 2.24) is 24.9 Å². The van der Waals surface area contributed by atoms with Crippen LogP contribution in [0.2, 0.25) is 0 Å². The lowest BCUT2D eigenvalue weighted by Crippen LogP contribution is -2.15. The fourth-order valence-electron chi connectivity index (χ4n) is 3.60. The summed E-state index contributed by atoms with van der Waals surface area (Å²) in [6.07, 6.45) is 9.28. The monoisotopic (exact) mass is 397 g/mol. The molecule has 5 rings (SSSR count). The lowest BCUT2D eigenvalue weighted by molar-refractivity contribution is -0.117. The number of hydrogen-bond acceptors (Lipinski definition) is 7. The molecule has 1 saturated carbocycles. The molecule has 30 heavy (non-hydrogen) atoms. The normalized spacial score (nSPS) is 17.6. The van der Waals surface area contributed by atoms with Crippen LogP contribution in [0.3, 0.4) is 0 Å². The van der Waals surface area contributed by atoms with Gasteiger partial charge in [-0.05, 0) is 48.6 Å². The molecule has 0 radical (unpaired) electrons. The number of fused-ring (bicyclic) bond motifs is 1. The minimum Gasteiger partial charge on any atom is -0.383 e. The molecule has 4 aromatic heterocycles. The Morgan fingerprint density at radius 3 is 2.77 bits per heavy atom. The van der Waals surface area contributed by atoms with Crippen molar-refractivity contribution in [2.45, 2.75) is 19.3 Å². The number of hydrogen-bond donors (Lipinski definition) is 2. The number of nitrogens with two attached hydrogens (primary N) is 1.